The summed E-state index contributed by atoms with van der Waals surface area (Å²) in [4.78, 5) is 57.5. The lowest BCUT2D eigenvalue weighted by Crippen LogP contribution is -2.34. The van der Waals surface area contributed by atoms with Crippen molar-refractivity contribution in [2.24, 2.45) is 10.7 Å². The highest BCUT2D eigenvalue weighted by molar-refractivity contribution is 7.71. The fourth-order valence-corrected chi connectivity index (χ4v) is 6.60. The van der Waals surface area contributed by atoms with Crippen molar-refractivity contribution in [1.29, 1.82) is 0 Å². The molecule has 7 N–H and O–H groups in total. The molecule has 1 saturated heterocycles. The Kier molecular flexibility index (Phi) is 10.8. The number of fused-ring (bicyclic) bond motifs is 1. The number of aliphatic hydroxyl groups excluding tert-OH is 2. The van der Waals surface area contributed by atoms with Crippen molar-refractivity contribution in [2.45, 2.75) is 44.3 Å². The molecule has 0 spiro atoms. The first-order valence-corrected chi connectivity index (χ1v) is 16.0. The number of unbranched alkanes of at least 4 members (excludes halogenated alkanes) is 1. The lowest BCUT2D eigenvalue weighted by molar-refractivity contribution is -0.250. The number of rotatable bonds is 14. The van der Waals surface area contributed by atoms with Gasteiger partial charge in [-0.3, -0.25) is 23.3 Å². The van der Waals surface area contributed by atoms with Crippen LogP contribution in [0.1, 0.15) is 26.0 Å². The van der Waals surface area contributed by atoms with Gasteiger partial charge in [-0.2, -0.15) is 0 Å². The molecule has 1 fully saturated rings. The number of hydrogen-bond acceptors (Lipinski definition) is 17. The molecule has 20 nitrogen and oxygen atoms in total. The molecule has 4 unspecified atom stereocenters. The number of aromatic nitrogens is 4. The first-order valence-electron chi connectivity index (χ1n) is 11.2. The quantitative estimate of drug-likeness (QED) is 0.0429. The Bertz CT molecular complexity index is 1430. The van der Waals surface area contributed by atoms with Crippen LogP contribution in [-0.4, -0.2) is 78.5 Å². The fourth-order valence-electron chi connectivity index (χ4n) is 3.46. The normalized spacial score (nSPS) is 26.3. The fraction of sp³-hybridized carbons (Fsp3) is 0.625. The number of nitrogens with two attached hydrogens (primary N) is 1. The predicted molar refractivity (Wildman–Crippen MR) is 132 cm³/mol. The summed E-state index contributed by atoms with van der Waals surface area (Å²) in [5, 5.41) is 24.0. The summed E-state index contributed by atoms with van der Waals surface area (Å²) in [5.74, 6) is 0.756. The number of phosphoric ester groups is 1. The van der Waals surface area contributed by atoms with Crippen molar-refractivity contribution in [3.8, 4) is 0 Å². The number of nitrogens with one attached hydrogen (secondary N) is 2. The number of amidine groups is 1. The summed E-state index contributed by atoms with van der Waals surface area (Å²) in [6.07, 6.45) is -3.61. The average molecular weight is 648 g/mol. The Balaban J connectivity index is 1.68. The average Bonchev–Trinajstić information content (AvgIpc) is 3.33. The molecule has 40 heavy (non-hydrogen) atoms. The molecule has 24 heteroatoms. The summed E-state index contributed by atoms with van der Waals surface area (Å²) in [7, 11) is -17.8. The summed E-state index contributed by atoms with van der Waals surface area (Å²) in [5.41, 5.74) is 5.95. The van der Waals surface area contributed by atoms with Gasteiger partial charge in [0, 0.05) is 13.1 Å². The molecule has 1 aliphatic rings. The number of aromatic amines is 1. The smallest absolute Gasteiger partial charge is 0.280 e. The summed E-state index contributed by atoms with van der Waals surface area (Å²) < 4.78 is 51.6. The van der Waals surface area contributed by atoms with Crippen LogP contribution in [0.2, 0.25) is 0 Å². The second-order valence-corrected chi connectivity index (χ2v) is 12.9. The van der Waals surface area contributed by atoms with Crippen LogP contribution >= 0.6 is 35.7 Å². The van der Waals surface area contributed by atoms with E-state index in [4.69, 9.17) is 27.6 Å². The van der Waals surface area contributed by atoms with Crippen LogP contribution < -0.4 is 25.7 Å². The minimum absolute atomic E-state index is 0.102. The molecular weight excluding hydrogens is 623 g/mol. The molecule has 0 saturated carbocycles. The molecule has 0 radical (unpaired) electrons. The second-order valence-electron chi connectivity index (χ2n) is 8.26. The zero-order valence-corrected chi connectivity index (χ0v) is 24.0. The Morgan fingerprint density at radius 3 is 2.60 bits per heavy atom. The Hall–Kier alpha value is -1.67. The largest absolute Gasteiger partial charge is 0.756 e. The number of anilines is 1. The second kappa shape index (κ2) is 13.1. The van der Waals surface area contributed by atoms with E-state index in [1.54, 1.807) is 6.92 Å². The Morgan fingerprint density at radius 2 is 1.95 bits per heavy atom. The highest BCUT2D eigenvalue weighted by Crippen LogP contribution is 2.61. The molecule has 2 aromatic heterocycles. The highest BCUT2D eigenvalue weighted by Gasteiger charge is 2.45. The molecule has 3 heterocycles. The van der Waals surface area contributed by atoms with Crippen LogP contribution in [0, 0.1) is 4.64 Å². The molecular formula is C16H25N7O13P3S-3. The van der Waals surface area contributed by atoms with E-state index in [1.807, 2.05) is 0 Å². The van der Waals surface area contributed by atoms with Gasteiger partial charge in [0.1, 0.15) is 29.5 Å². The first-order chi connectivity index (χ1) is 18.5. The van der Waals surface area contributed by atoms with Crippen molar-refractivity contribution in [3.63, 3.8) is 0 Å². The maximum absolute atomic E-state index is 11.8. The van der Waals surface area contributed by atoms with Gasteiger partial charge in [0.25, 0.3) is 23.5 Å². The van der Waals surface area contributed by atoms with Crippen molar-refractivity contribution >= 4 is 58.6 Å². The molecule has 0 amide bonds. The van der Waals surface area contributed by atoms with Gasteiger partial charge in [-0.25, -0.2) is 18.6 Å². The van der Waals surface area contributed by atoms with Gasteiger partial charge in [-0.15, -0.1) is 0 Å². The highest BCUT2D eigenvalue weighted by atomic mass is 32.1. The van der Waals surface area contributed by atoms with E-state index in [0.717, 1.165) is 12.8 Å². The summed E-state index contributed by atoms with van der Waals surface area (Å²) >= 11 is 5.27. The van der Waals surface area contributed by atoms with E-state index in [1.165, 1.54) is 10.9 Å². The van der Waals surface area contributed by atoms with Gasteiger partial charge >= 0.3 is 0 Å². The number of phosphoric acid groups is 3. The van der Waals surface area contributed by atoms with Gasteiger partial charge in [0.05, 0.1) is 18.8 Å². The van der Waals surface area contributed by atoms with Crippen LogP contribution in [0.15, 0.2) is 11.3 Å². The van der Waals surface area contributed by atoms with E-state index in [0.29, 0.717) is 18.9 Å². The third kappa shape index (κ3) is 9.17. The van der Waals surface area contributed by atoms with Crippen LogP contribution in [-0.2, 0) is 31.6 Å². The van der Waals surface area contributed by atoms with Crippen LogP contribution in [0.25, 0.3) is 11.2 Å². The van der Waals surface area contributed by atoms with E-state index in [2.05, 4.69) is 38.4 Å². The molecule has 1 aliphatic heterocycles. The molecule has 0 aliphatic carbocycles. The van der Waals surface area contributed by atoms with Crippen molar-refractivity contribution in [2.75, 3.05) is 25.0 Å². The van der Waals surface area contributed by atoms with E-state index >= 15 is 0 Å². The van der Waals surface area contributed by atoms with Crippen molar-refractivity contribution in [3.05, 3.63) is 11.0 Å². The molecule has 7 atom stereocenters. The SMILES string of the molecule is CC(N)=NCCCCNc1nc(=S)c2ncn([C@@H]3O[C@H](COP(=O)([O-])OP(=O)([O-])OP(=O)([O-])O)[C@H](O)C3O)c2[nH]1. The van der Waals surface area contributed by atoms with Crippen LogP contribution in [0.4, 0.5) is 5.95 Å². The van der Waals surface area contributed by atoms with Gasteiger partial charge in [-0.05, 0) is 19.8 Å². The van der Waals surface area contributed by atoms with Crippen molar-refractivity contribution in [1.82, 2.24) is 19.5 Å². The van der Waals surface area contributed by atoms with Crippen LogP contribution in [0.5, 0.6) is 0 Å². The first kappa shape index (κ1) is 32.8. The third-order valence-corrected chi connectivity index (χ3v) is 9.07. The topological polar surface area (TPSA) is 315 Å². The Labute approximate surface area is 230 Å². The minimum Gasteiger partial charge on any atom is -0.756 e. The summed E-state index contributed by atoms with van der Waals surface area (Å²) in [6.45, 7) is 1.68. The summed E-state index contributed by atoms with van der Waals surface area (Å²) in [6, 6.07) is 0. The van der Waals surface area contributed by atoms with Gasteiger partial charge < -0.3 is 55.1 Å². The van der Waals surface area contributed by atoms with Gasteiger partial charge in [-0.1, -0.05) is 12.2 Å². The molecule has 0 aromatic carbocycles. The number of aliphatic imine (C=N–C) groups is 1. The number of aliphatic hydroxyl groups is 2. The van der Waals surface area contributed by atoms with Crippen LogP contribution in [0.3, 0.4) is 0 Å². The monoisotopic (exact) mass is 648 g/mol. The zero-order chi connectivity index (χ0) is 29.9. The van der Waals surface area contributed by atoms with E-state index < -0.39 is 54.6 Å². The maximum atomic E-state index is 11.8. The zero-order valence-electron chi connectivity index (χ0n) is 20.5. The minimum atomic E-state index is -6.11. The van der Waals surface area contributed by atoms with Gasteiger partial charge in [0.2, 0.25) is 5.95 Å². The number of nitrogens with zero attached hydrogens (tertiary/aromatic N) is 4. The molecule has 226 valence electrons. The third-order valence-electron chi connectivity index (χ3n) is 5.10. The standard InChI is InChI=1S/C16H28N7O13P3S/c1-8(17)18-4-2-3-5-19-16-21-13-10(14(40)22-16)20-7-23(13)15-12(25)11(24)9(34-15)6-33-38(29,30)36-39(31,32)35-37(26,27)28/h7,9,11-12,15,24-25H,2-6H2,1H3,(H2,17,18)(H,29,30)(H,31,32)(H2,26,27,28)(H2,19,21,22,40)/p-3/t9-,11+,12?,15-/m1/s1. The number of ether oxygens (including phenoxy) is 1. The number of H-pyrrole nitrogens is 1. The maximum Gasteiger partial charge on any atom is 0.280 e. The number of hydrogen-bond donors (Lipinski definition) is 6. The Morgan fingerprint density at radius 1 is 1.25 bits per heavy atom. The van der Waals surface area contributed by atoms with Gasteiger partial charge in [0.15, 0.2) is 10.9 Å². The van der Waals surface area contributed by atoms with Crippen molar-refractivity contribution < 1.29 is 61.4 Å². The lowest BCUT2D eigenvalue weighted by Gasteiger charge is -2.33. The number of imidazole rings is 1. The van der Waals surface area contributed by atoms with E-state index in [9.17, 15) is 38.6 Å². The van der Waals surface area contributed by atoms with E-state index in [-0.39, 0.29) is 21.8 Å². The molecule has 3 rings (SSSR count). The molecule has 0 bridgehead atoms. The predicted octanol–water partition coefficient (Wildman–Crippen LogP) is -1.88. The molecule has 2 aromatic rings. The lowest BCUT2D eigenvalue weighted by atomic mass is 10.1.